The highest BCUT2D eigenvalue weighted by molar-refractivity contribution is 9.11. The monoisotopic (exact) mass is 308 g/mol. The van der Waals surface area contributed by atoms with Gasteiger partial charge in [0.05, 0.1) is 8.95 Å². The molecule has 13 heavy (non-hydrogen) atoms. The number of phenols is 1. The average molecular weight is 310 g/mol. The van der Waals surface area contributed by atoms with Crippen LogP contribution in [0.25, 0.3) is 0 Å². The van der Waals surface area contributed by atoms with Crippen LogP contribution < -0.4 is 11.5 Å². The fourth-order valence-corrected chi connectivity index (χ4v) is 2.16. The molecular formula is C8H10Br2N2O. The van der Waals surface area contributed by atoms with Gasteiger partial charge >= 0.3 is 0 Å². The molecule has 0 saturated carbocycles. The molecule has 3 nitrogen and oxygen atoms in total. The Kier molecular flexibility index (Phi) is 3.73. The Hall–Kier alpha value is -0.100. The zero-order valence-corrected chi connectivity index (χ0v) is 9.97. The fourth-order valence-electron chi connectivity index (χ4n) is 0.935. The first-order valence-electron chi connectivity index (χ1n) is 3.69. The number of nitrogens with two attached hydrogens (primary N) is 2. The molecular weight excluding hydrogens is 300 g/mol. The van der Waals surface area contributed by atoms with Crippen molar-refractivity contribution in [2.45, 2.75) is 6.04 Å². The summed E-state index contributed by atoms with van der Waals surface area (Å²) >= 11 is 6.44. The molecule has 5 N–H and O–H groups in total. The van der Waals surface area contributed by atoms with E-state index in [4.69, 9.17) is 11.5 Å². The smallest absolute Gasteiger partial charge is 0.143 e. The summed E-state index contributed by atoms with van der Waals surface area (Å²) in [6.07, 6.45) is 0. The van der Waals surface area contributed by atoms with Crippen LogP contribution in [0.4, 0.5) is 0 Å². The highest BCUT2D eigenvalue weighted by atomic mass is 79.9. The maximum atomic E-state index is 9.42. The third-order valence-corrected chi connectivity index (χ3v) is 2.93. The molecule has 0 heterocycles. The first kappa shape index (κ1) is 11.0. The van der Waals surface area contributed by atoms with Crippen molar-refractivity contribution < 1.29 is 5.11 Å². The van der Waals surface area contributed by atoms with Crippen molar-refractivity contribution in [1.29, 1.82) is 0 Å². The summed E-state index contributed by atoms with van der Waals surface area (Å²) in [6.45, 7) is 0.379. The van der Waals surface area contributed by atoms with Crippen LogP contribution in [0.2, 0.25) is 0 Å². The summed E-state index contributed by atoms with van der Waals surface area (Å²) in [5.74, 6) is 0.174. The molecule has 0 spiro atoms. The standard InChI is InChI=1S/C8H10Br2N2O/c9-5-1-4(7(12)3-11)2-6(10)8(5)13/h1-2,7,13H,3,11-12H2/t7-/m0/s1. The SMILES string of the molecule is NC[C@H](N)c1cc(Br)c(O)c(Br)c1. The van der Waals surface area contributed by atoms with Crippen molar-refractivity contribution in [1.82, 2.24) is 0 Å². The topological polar surface area (TPSA) is 72.3 Å². The van der Waals surface area contributed by atoms with Gasteiger partial charge in [-0.3, -0.25) is 0 Å². The largest absolute Gasteiger partial charge is 0.506 e. The third-order valence-electron chi connectivity index (χ3n) is 1.72. The van der Waals surface area contributed by atoms with E-state index in [2.05, 4.69) is 31.9 Å². The van der Waals surface area contributed by atoms with Crippen molar-refractivity contribution in [2.75, 3.05) is 6.54 Å². The van der Waals surface area contributed by atoms with Crippen molar-refractivity contribution in [3.8, 4) is 5.75 Å². The summed E-state index contributed by atoms with van der Waals surface area (Å²) in [7, 11) is 0. The Morgan fingerprint density at radius 2 is 1.77 bits per heavy atom. The highest BCUT2D eigenvalue weighted by Gasteiger charge is 2.09. The van der Waals surface area contributed by atoms with E-state index >= 15 is 0 Å². The van der Waals surface area contributed by atoms with E-state index in [1.165, 1.54) is 0 Å². The lowest BCUT2D eigenvalue weighted by atomic mass is 10.1. The van der Waals surface area contributed by atoms with Crippen molar-refractivity contribution >= 4 is 31.9 Å². The molecule has 0 saturated heterocycles. The average Bonchev–Trinajstić information content (AvgIpc) is 2.12. The van der Waals surface area contributed by atoms with E-state index in [0.29, 0.717) is 15.5 Å². The lowest BCUT2D eigenvalue weighted by Crippen LogP contribution is -2.20. The molecule has 72 valence electrons. The number of hydrogen-bond acceptors (Lipinski definition) is 3. The Bertz CT molecular complexity index is 294. The van der Waals surface area contributed by atoms with E-state index in [9.17, 15) is 5.11 Å². The zero-order valence-electron chi connectivity index (χ0n) is 6.80. The minimum atomic E-state index is -0.201. The summed E-state index contributed by atoms with van der Waals surface area (Å²) in [5.41, 5.74) is 12.0. The van der Waals surface area contributed by atoms with Gasteiger partial charge in [0.25, 0.3) is 0 Å². The van der Waals surface area contributed by atoms with Crippen LogP contribution in [0.15, 0.2) is 21.1 Å². The molecule has 1 aromatic rings. The number of hydrogen-bond donors (Lipinski definition) is 3. The highest BCUT2D eigenvalue weighted by Crippen LogP contribution is 2.34. The van der Waals surface area contributed by atoms with Gasteiger partial charge in [-0.2, -0.15) is 0 Å². The summed E-state index contributed by atoms with van der Waals surface area (Å²) < 4.78 is 1.22. The Morgan fingerprint density at radius 1 is 1.31 bits per heavy atom. The van der Waals surface area contributed by atoms with Gasteiger partial charge in [0.15, 0.2) is 0 Å². The summed E-state index contributed by atoms with van der Waals surface area (Å²) in [5, 5.41) is 9.42. The van der Waals surface area contributed by atoms with Gasteiger partial charge in [-0.05, 0) is 49.6 Å². The minimum Gasteiger partial charge on any atom is -0.506 e. The molecule has 0 aliphatic rings. The van der Waals surface area contributed by atoms with E-state index in [1.54, 1.807) is 12.1 Å². The zero-order chi connectivity index (χ0) is 10.0. The Balaban J connectivity index is 3.13. The van der Waals surface area contributed by atoms with Gasteiger partial charge in [-0.1, -0.05) is 0 Å². The second-order valence-electron chi connectivity index (χ2n) is 2.68. The van der Waals surface area contributed by atoms with E-state index < -0.39 is 0 Å². The molecule has 0 aliphatic heterocycles. The summed E-state index contributed by atoms with van der Waals surface area (Å²) in [6, 6.07) is 3.32. The van der Waals surface area contributed by atoms with Gasteiger partial charge in [0, 0.05) is 12.6 Å². The van der Waals surface area contributed by atoms with E-state index in [0.717, 1.165) is 5.56 Å². The van der Waals surface area contributed by atoms with Crippen LogP contribution >= 0.6 is 31.9 Å². The number of rotatable bonds is 2. The molecule has 1 atom stereocenters. The van der Waals surface area contributed by atoms with Crippen LogP contribution in [-0.2, 0) is 0 Å². The van der Waals surface area contributed by atoms with Crippen molar-refractivity contribution in [3.63, 3.8) is 0 Å². The van der Waals surface area contributed by atoms with Gasteiger partial charge in [0.2, 0.25) is 0 Å². The lowest BCUT2D eigenvalue weighted by Gasteiger charge is -2.11. The quantitative estimate of drug-likeness (QED) is 0.781. The molecule has 0 amide bonds. The molecule has 0 radical (unpaired) electrons. The minimum absolute atomic E-state index is 0.174. The second-order valence-corrected chi connectivity index (χ2v) is 4.38. The van der Waals surface area contributed by atoms with Gasteiger partial charge in [0.1, 0.15) is 5.75 Å². The molecule has 5 heteroatoms. The van der Waals surface area contributed by atoms with Crippen LogP contribution in [0, 0.1) is 0 Å². The third kappa shape index (κ3) is 2.43. The number of halogens is 2. The normalized spacial score (nSPS) is 12.9. The van der Waals surface area contributed by atoms with Crippen molar-refractivity contribution in [3.05, 3.63) is 26.6 Å². The lowest BCUT2D eigenvalue weighted by molar-refractivity contribution is 0.468. The van der Waals surface area contributed by atoms with Crippen LogP contribution in [0.5, 0.6) is 5.75 Å². The molecule has 0 aliphatic carbocycles. The molecule has 0 bridgehead atoms. The Morgan fingerprint density at radius 3 is 2.15 bits per heavy atom. The van der Waals surface area contributed by atoms with Crippen LogP contribution in [0.3, 0.4) is 0 Å². The fraction of sp³-hybridized carbons (Fsp3) is 0.250. The van der Waals surface area contributed by atoms with Gasteiger partial charge in [-0.15, -0.1) is 0 Å². The molecule has 0 aromatic heterocycles. The molecule has 0 unspecified atom stereocenters. The van der Waals surface area contributed by atoms with Gasteiger partial charge in [-0.25, -0.2) is 0 Å². The maximum Gasteiger partial charge on any atom is 0.143 e. The maximum absolute atomic E-state index is 9.42. The Labute approximate surface area is 93.4 Å². The first-order chi connectivity index (χ1) is 6.06. The molecule has 1 aromatic carbocycles. The van der Waals surface area contributed by atoms with Crippen molar-refractivity contribution in [2.24, 2.45) is 11.5 Å². The predicted octanol–water partition coefficient (Wildman–Crippen LogP) is 1.88. The second kappa shape index (κ2) is 4.41. The van der Waals surface area contributed by atoms with Crippen LogP contribution in [-0.4, -0.2) is 11.7 Å². The van der Waals surface area contributed by atoms with Gasteiger partial charge < -0.3 is 16.6 Å². The molecule has 0 fully saturated rings. The number of phenolic OH excluding ortho intramolecular Hbond substituents is 1. The predicted molar refractivity (Wildman–Crippen MR) is 59.5 cm³/mol. The first-order valence-corrected chi connectivity index (χ1v) is 5.28. The van der Waals surface area contributed by atoms with Crippen LogP contribution in [0.1, 0.15) is 11.6 Å². The number of aromatic hydroxyl groups is 1. The molecule has 1 rings (SSSR count). The van der Waals surface area contributed by atoms with E-state index in [-0.39, 0.29) is 11.8 Å². The van der Waals surface area contributed by atoms with E-state index in [1.807, 2.05) is 0 Å². The summed E-state index contributed by atoms with van der Waals surface area (Å²) in [4.78, 5) is 0. The number of benzene rings is 1.